The van der Waals surface area contributed by atoms with Gasteiger partial charge in [0.25, 0.3) is 5.91 Å². The molecule has 1 aromatic heterocycles. The van der Waals surface area contributed by atoms with E-state index in [1.54, 1.807) is 13.0 Å². The summed E-state index contributed by atoms with van der Waals surface area (Å²) in [5.41, 5.74) is 0.815. The molecular weight excluding hydrogens is 260 g/mol. The molecule has 0 bridgehead atoms. The topological polar surface area (TPSA) is 79.7 Å². The van der Waals surface area contributed by atoms with Crippen LogP contribution in [0.4, 0.5) is 0 Å². The molecule has 6 heteroatoms. The maximum absolute atomic E-state index is 12.0. The Morgan fingerprint density at radius 2 is 2.20 bits per heavy atom. The normalized spacial score (nSPS) is 9.35. The number of likely N-dealkylation sites (N-methyl/N-ethyl adjacent to an activating group) is 1. The van der Waals surface area contributed by atoms with Crippen molar-refractivity contribution in [3.8, 4) is 11.8 Å². The van der Waals surface area contributed by atoms with Crippen molar-refractivity contribution in [2.75, 3.05) is 26.8 Å². The van der Waals surface area contributed by atoms with E-state index in [9.17, 15) is 9.59 Å². The summed E-state index contributed by atoms with van der Waals surface area (Å²) in [6.45, 7) is 1.62. The molecule has 0 aliphatic heterocycles. The van der Waals surface area contributed by atoms with Gasteiger partial charge in [0.15, 0.2) is 0 Å². The van der Waals surface area contributed by atoms with Gasteiger partial charge in [-0.3, -0.25) is 9.59 Å². The Labute approximate surface area is 117 Å². The average molecular weight is 276 g/mol. The second-order valence-corrected chi connectivity index (χ2v) is 3.86. The summed E-state index contributed by atoms with van der Waals surface area (Å²) < 4.78 is 4.77. The predicted molar refractivity (Wildman–Crippen MR) is 71.8 cm³/mol. The lowest BCUT2D eigenvalue weighted by atomic mass is 10.2. The molecule has 0 spiro atoms. The SMILES string of the molecule is CCOC(=O)CN(C)C(=O)c1ccc(C#CCO)cn1. The fourth-order valence-corrected chi connectivity index (χ4v) is 1.40. The van der Waals surface area contributed by atoms with Gasteiger partial charge in [-0.25, -0.2) is 4.98 Å². The van der Waals surface area contributed by atoms with Crippen molar-refractivity contribution in [1.82, 2.24) is 9.88 Å². The van der Waals surface area contributed by atoms with Crippen LogP contribution in [0.1, 0.15) is 23.0 Å². The molecule has 0 saturated heterocycles. The third-order valence-electron chi connectivity index (χ3n) is 2.31. The average Bonchev–Trinajstić information content (AvgIpc) is 2.45. The van der Waals surface area contributed by atoms with Crippen LogP contribution in [-0.4, -0.2) is 53.7 Å². The Morgan fingerprint density at radius 3 is 2.75 bits per heavy atom. The van der Waals surface area contributed by atoms with E-state index in [1.807, 2.05) is 0 Å². The maximum atomic E-state index is 12.0. The summed E-state index contributed by atoms with van der Waals surface area (Å²) in [5.74, 6) is 4.32. The van der Waals surface area contributed by atoms with Crippen molar-refractivity contribution in [3.05, 3.63) is 29.6 Å². The van der Waals surface area contributed by atoms with Gasteiger partial charge in [0, 0.05) is 18.8 Å². The summed E-state index contributed by atoms with van der Waals surface area (Å²) in [7, 11) is 1.50. The number of hydrogen-bond donors (Lipinski definition) is 1. The van der Waals surface area contributed by atoms with Gasteiger partial charge in [0.2, 0.25) is 0 Å². The summed E-state index contributed by atoms with van der Waals surface area (Å²) in [6, 6.07) is 3.15. The summed E-state index contributed by atoms with van der Waals surface area (Å²) in [5, 5.41) is 8.57. The van der Waals surface area contributed by atoms with E-state index in [-0.39, 0.29) is 31.4 Å². The molecule has 0 aromatic carbocycles. The molecule has 0 unspecified atom stereocenters. The zero-order valence-electron chi connectivity index (χ0n) is 11.4. The Balaban J connectivity index is 2.69. The minimum atomic E-state index is -0.464. The van der Waals surface area contributed by atoms with E-state index in [1.165, 1.54) is 24.2 Å². The second kappa shape index (κ2) is 7.92. The van der Waals surface area contributed by atoms with Gasteiger partial charge in [-0.2, -0.15) is 0 Å². The molecule has 1 rings (SSSR count). The number of pyridine rings is 1. The zero-order chi connectivity index (χ0) is 15.0. The first-order chi connectivity index (χ1) is 9.58. The van der Waals surface area contributed by atoms with Crippen LogP contribution >= 0.6 is 0 Å². The molecule has 106 valence electrons. The highest BCUT2D eigenvalue weighted by Crippen LogP contribution is 2.02. The summed E-state index contributed by atoms with van der Waals surface area (Å²) >= 11 is 0. The van der Waals surface area contributed by atoms with Crippen molar-refractivity contribution in [1.29, 1.82) is 0 Å². The first-order valence-electron chi connectivity index (χ1n) is 6.05. The van der Waals surface area contributed by atoms with Crippen LogP contribution in [0.5, 0.6) is 0 Å². The standard InChI is InChI=1S/C14H16N2O4/c1-3-20-13(18)10-16(2)14(19)12-7-6-11(9-15-12)5-4-8-17/h6-7,9,17H,3,8,10H2,1-2H3. The first kappa shape index (κ1) is 15.7. The molecule has 0 radical (unpaired) electrons. The molecule has 1 heterocycles. The Morgan fingerprint density at radius 1 is 1.45 bits per heavy atom. The van der Waals surface area contributed by atoms with Gasteiger partial charge in [-0.05, 0) is 19.1 Å². The van der Waals surface area contributed by atoms with Crippen molar-refractivity contribution in [2.24, 2.45) is 0 Å². The summed E-state index contributed by atoms with van der Waals surface area (Å²) in [4.78, 5) is 28.5. The fraction of sp³-hybridized carbons (Fsp3) is 0.357. The smallest absolute Gasteiger partial charge is 0.325 e. The van der Waals surface area contributed by atoms with Crippen LogP contribution in [0.25, 0.3) is 0 Å². The van der Waals surface area contributed by atoms with Crippen LogP contribution in [0.15, 0.2) is 18.3 Å². The number of aliphatic hydroxyl groups is 1. The van der Waals surface area contributed by atoms with Crippen molar-refractivity contribution >= 4 is 11.9 Å². The van der Waals surface area contributed by atoms with Gasteiger partial charge in [-0.1, -0.05) is 11.8 Å². The molecular formula is C14H16N2O4. The van der Waals surface area contributed by atoms with E-state index < -0.39 is 5.97 Å². The van der Waals surface area contributed by atoms with Crippen LogP contribution in [0.3, 0.4) is 0 Å². The van der Waals surface area contributed by atoms with Gasteiger partial charge in [0.05, 0.1) is 6.61 Å². The Hall–Kier alpha value is -2.39. The monoisotopic (exact) mass is 276 g/mol. The number of esters is 1. The van der Waals surface area contributed by atoms with Crippen molar-refractivity contribution < 1.29 is 19.4 Å². The predicted octanol–water partition coefficient (Wildman–Crippen LogP) is 0.0605. The van der Waals surface area contributed by atoms with Crippen LogP contribution in [0.2, 0.25) is 0 Å². The third kappa shape index (κ3) is 4.71. The van der Waals surface area contributed by atoms with Crippen molar-refractivity contribution in [3.63, 3.8) is 0 Å². The molecule has 6 nitrogen and oxygen atoms in total. The minimum absolute atomic E-state index is 0.125. The van der Waals surface area contributed by atoms with Gasteiger partial charge >= 0.3 is 5.97 Å². The van der Waals surface area contributed by atoms with E-state index >= 15 is 0 Å². The number of ether oxygens (including phenoxy) is 1. The Kier molecular flexibility index (Phi) is 6.20. The van der Waals surface area contributed by atoms with Gasteiger partial charge in [0.1, 0.15) is 18.8 Å². The molecule has 1 N–H and O–H groups in total. The second-order valence-electron chi connectivity index (χ2n) is 3.86. The number of amides is 1. The molecule has 1 aromatic rings. The fourth-order valence-electron chi connectivity index (χ4n) is 1.40. The number of aliphatic hydroxyl groups excluding tert-OH is 1. The lowest BCUT2D eigenvalue weighted by Gasteiger charge is -2.15. The number of carbonyl (C=O) groups is 2. The highest BCUT2D eigenvalue weighted by Gasteiger charge is 2.16. The quantitative estimate of drug-likeness (QED) is 0.621. The molecule has 0 aliphatic carbocycles. The lowest BCUT2D eigenvalue weighted by molar-refractivity contribution is -0.143. The Bertz CT molecular complexity index is 528. The number of hydrogen-bond acceptors (Lipinski definition) is 5. The molecule has 0 saturated carbocycles. The highest BCUT2D eigenvalue weighted by atomic mass is 16.5. The summed E-state index contributed by atoms with van der Waals surface area (Å²) in [6.07, 6.45) is 1.44. The largest absolute Gasteiger partial charge is 0.465 e. The van der Waals surface area contributed by atoms with Gasteiger partial charge < -0.3 is 14.7 Å². The minimum Gasteiger partial charge on any atom is -0.465 e. The van der Waals surface area contributed by atoms with Crippen LogP contribution < -0.4 is 0 Å². The number of rotatable bonds is 4. The number of nitrogens with zero attached hydrogens (tertiary/aromatic N) is 2. The zero-order valence-corrected chi connectivity index (χ0v) is 11.4. The highest BCUT2D eigenvalue weighted by molar-refractivity contribution is 5.94. The van der Waals surface area contributed by atoms with Gasteiger partial charge in [-0.15, -0.1) is 0 Å². The van der Waals surface area contributed by atoms with E-state index in [0.717, 1.165) is 0 Å². The van der Waals surface area contributed by atoms with Crippen LogP contribution in [-0.2, 0) is 9.53 Å². The number of carbonyl (C=O) groups excluding carboxylic acids is 2. The molecule has 0 fully saturated rings. The lowest BCUT2D eigenvalue weighted by Crippen LogP contribution is -2.33. The maximum Gasteiger partial charge on any atom is 0.325 e. The first-order valence-corrected chi connectivity index (χ1v) is 6.05. The van der Waals surface area contributed by atoms with E-state index in [2.05, 4.69) is 16.8 Å². The molecule has 0 aliphatic rings. The van der Waals surface area contributed by atoms with Crippen LogP contribution in [0, 0.1) is 11.8 Å². The van der Waals surface area contributed by atoms with Crippen molar-refractivity contribution in [2.45, 2.75) is 6.92 Å². The van der Waals surface area contributed by atoms with E-state index in [0.29, 0.717) is 5.56 Å². The molecule has 0 atom stereocenters. The third-order valence-corrected chi connectivity index (χ3v) is 2.31. The molecule has 20 heavy (non-hydrogen) atoms. The van der Waals surface area contributed by atoms with E-state index in [4.69, 9.17) is 9.84 Å². The number of aromatic nitrogens is 1. The molecule has 1 amide bonds.